The Kier molecular flexibility index (Phi) is 5.57. The van der Waals surface area contributed by atoms with E-state index >= 15 is 0 Å². The van der Waals surface area contributed by atoms with E-state index in [1.807, 2.05) is 5.92 Å². The van der Waals surface area contributed by atoms with Gasteiger partial charge in [-0.2, -0.15) is 4.31 Å². The summed E-state index contributed by atoms with van der Waals surface area (Å²) >= 11 is 0. The normalized spacial score (nSPS) is 12.6. The molecule has 25 heavy (non-hydrogen) atoms. The van der Waals surface area contributed by atoms with E-state index < -0.39 is 27.9 Å². The number of sulfonamides is 1. The Morgan fingerprint density at radius 2 is 1.92 bits per heavy atom. The van der Waals surface area contributed by atoms with Crippen LogP contribution in [0.2, 0.25) is 0 Å². The molecule has 5 nitrogen and oxygen atoms in total. The molecule has 2 aromatic rings. The van der Waals surface area contributed by atoms with E-state index in [-0.39, 0.29) is 16.9 Å². The molecule has 0 amide bonds. The minimum Gasteiger partial charge on any atom is -0.480 e. The van der Waals surface area contributed by atoms with Crippen molar-refractivity contribution in [2.75, 3.05) is 7.05 Å². The number of carboxylic acids is 1. The third-order valence-corrected chi connectivity index (χ3v) is 5.61. The highest BCUT2D eigenvalue weighted by atomic mass is 32.2. The van der Waals surface area contributed by atoms with Crippen molar-refractivity contribution in [1.82, 2.24) is 4.31 Å². The number of carbonyl (C=O) groups is 1. The fourth-order valence-corrected chi connectivity index (χ4v) is 3.62. The molecule has 0 spiro atoms. The Labute approximate surface area is 145 Å². The maximum atomic E-state index is 13.8. The number of carboxylic acid groups (broad SMARTS) is 1. The van der Waals surface area contributed by atoms with Crippen molar-refractivity contribution in [1.29, 1.82) is 0 Å². The topological polar surface area (TPSA) is 74.7 Å². The predicted octanol–water partition coefficient (Wildman–Crippen LogP) is 2.08. The molecule has 0 saturated heterocycles. The number of halogens is 1. The summed E-state index contributed by atoms with van der Waals surface area (Å²) < 4.78 is 39.8. The summed E-state index contributed by atoms with van der Waals surface area (Å²) in [5.74, 6) is -0.374. The second kappa shape index (κ2) is 7.47. The Morgan fingerprint density at radius 1 is 1.28 bits per heavy atom. The summed E-state index contributed by atoms with van der Waals surface area (Å²) in [6.45, 7) is 0. The third kappa shape index (κ3) is 4.05. The van der Waals surface area contributed by atoms with E-state index in [4.69, 9.17) is 6.42 Å². The molecule has 0 bridgehead atoms. The van der Waals surface area contributed by atoms with Gasteiger partial charge in [-0.3, -0.25) is 4.79 Å². The second-order valence-corrected chi connectivity index (χ2v) is 7.33. The number of hydrogen-bond donors (Lipinski definition) is 1. The van der Waals surface area contributed by atoms with Gasteiger partial charge in [-0.15, -0.1) is 0 Å². The molecule has 1 N–H and O–H groups in total. The maximum Gasteiger partial charge on any atom is 0.322 e. The standard InChI is InChI=1S/C18H15FNO4S/c1-3-14-9-10-15(12-16(14)19)25(23,24)20(2)17(18(21)22)11-13-7-5-4-6-8-13/h4-10,12,17H,11H2,2H3,(H,21,22)/t17-/m0/s1. The summed E-state index contributed by atoms with van der Waals surface area (Å²) in [6.07, 6.45) is 6.89. The number of rotatable bonds is 6. The van der Waals surface area contributed by atoms with Crippen LogP contribution in [0.5, 0.6) is 0 Å². The van der Waals surface area contributed by atoms with E-state index in [2.05, 4.69) is 0 Å². The van der Waals surface area contributed by atoms with Gasteiger partial charge in [-0.25, -0.2) is 12.8 Å². The lowest BCUT2D eigenvalue weighted by molar-refractivity contribution is -0.141. The van der Waals surface area contributed by atoms with E-state index in [0.717, 1.165) is 25.2 Å². The Bertz CT molecular complexity index is 920. The van der Waals surface area contributed by atoms with Crippen LogP contribution in [0.15, 0.2) is 53.4 Å². The molecule has 129 valence electrons. The minimum absolute atomic E-state index is 0.0270. The summed E-state index contributed by atoms with van der Waals surface area (Å²) in [7, 11) is -3.08. The van der Waals surface area contributed by atoms with Crippen molar-refractivity contribution < 1.29 is 22.7 Å². The van der Waals surface area contributed by atoms with Crippen LogP contribution in [-0.2, 0) is 21.2 Å². The van der Waals surface area contributed by atoms with Crippen LogP contribution in [-0.4, -0.2) is 36.9 Å². The molecule has 0 aromatic heterocycles. The lowest BCUT2D eigenvalue weighted by Crippen LogP contribution is -2.43. The van der Waals surface area contributed by atoms with Gasteiger partial charge >= 0.3 is 5.97 Å². The van der Waals surface area contributed by atoms with Gasteiger partial charge in [0.2, 0.25) is 10.0 Å². The van der Waals surface area contributed by atoms with Crippen molar-refractivity contribution in [3.8, 4) is 5.92 Å². The molecule has 0 fully saturated rings. The molecule has 7 heteroatoms. The van der Waals surface area contributed by atoms with Crippen molar-refractivity contribution in [3.63, 3.8) is 0 Å². The SMILES string of the molecule is [C]#Cc1ccc(S(=O)(=O)N(C)[C@@H](Cc2ccccc2)C(=O)O)cc1F. The molecule has 0 unspecified atom stereocenters. The average molecular weight is 360 g/mol. The van der Waals surface area contributed by atoms with Crippen LogP contribution in [0, 0.1) is 18.2 Å². The van der Waals surface area contributed by atoms with Gasteiger partial charge in [0.15, 0.2) is 0 Å². The molecule has 0 aliphatic rings. The zero-order chi connectivity index (χ0) is 18.6. The Hall–Kier alpha value is -2.69. The van der Waals surface area contributed by atoms with E-state index in [1.165, 1.54) is 0 Å². The number of aliphatic carboxylic acids is 1. The largest absolute Gasteiger partial charge is 0.480 e. The van der Waals surface area contributed by atoms with Crippen LogP contribution in [0.1, 0.15) is 11.1 Å². The molecule has 2 rings (SSSR count). The van der Waals surface area contributed by atoms with Crippen LogP contribution >= 0.6 is 0 Å². The Balaban J connectivity index is 2.37. The molecule has 2 aromatic carbocycles. The van der Waals surface area contributed by atoms with Gasteiger partial charge in [-0.05, 0) is 42.5 Å². The quantitative estimate of drug-likeness (QED) is 0.801. The van der Waals surface area contributed by atoms with Crippen LogP contribution < -0.4 is 0 Å². The van der Waals surface area contributed by atoms with Crippen LogP contribution in [0.3, 0.4) is 0 Å². The summed E-state index contributed by atoms with van der Waals surface area (Å²) in [5, 5.41) is 9.44. The molecule has 1 radical (unpaired) electrons. The summed E-state index contributed by atoms with van der Waals surface area (Å²) in [6, 6.07) is 10.3. The Morgan fingerprint density at radius 3 is 2.44 bits per heavy atom. The molecule has 0 aliphatic carbocycles. The van der Waals surface area contributed by atoms with Gasteiger partial charge in [0.1, 0.15) is 11.9 Å². The molecule has 1 atom stereocenters. The summed E-state index contributed by atoms with van der Waals surface area (Å²) in [5.41, 5.74) is 0.484. The first-order valence-electron chi connectivity index (χ1n) is 7.24. The lowest BCUT2D eigenvalue weighted by atomic mass is 10.1. The van der Waals surface area contributed by atoms with Crippen molar-refractivity contribution in [3.05, 3.63) is 71.9 Å². The van der Waals surface area contributed by atoms with E-state index in [9.17, 15) is 22.7 Å². The van der Waals surface area contributed by atoms with Gasteiger partial charge in [-0.1, -0.05) is 30.3 Å². The maximum absolute atomic E-state index is 13.8. The fraction of sp³-hybridized carbons (Fsp3) is 0.167. The van der Waals surface area contributed by atoms with Gasteiger partial charge in [0, 0.05) is 7.05 Å². The molecule has 0 heterocycles. The van der Waals surface area contributed by atoms with Crippen molar-refractivity contribution >= 4 is 16.0 Å². The fourth-order valence-electron chi connectivity index (χ4n) is 2.30. The zero-order valence-electron chi connectivity index (χ0n) is 13.3. The number of benzene rings is 2. The van der Waals surface area contributed by atoms with Crippen molar-refractivity contribution in [2.45, 2.75) is 17.4 Å². The first kappa shape index (κ1) is 18.6. The predicted molar refractivity (Wildman–Crippen MR) is 89.2 cm³/mol. The smallest absolute Gasteiger partial charge is 0.322 e. The molecule has 0 saturated carbocycles. The van der Waals surface area contributed by atoms with Gasteiger partial charge in [0.05, 0.1) is 10.5 Å². The highest BCUT2D eigenvalue weighted by Gasteiger charge is 2.33. The molecular weight excluding hydrogens is 345 g/mol. The van der Waals surface area contributed by atoms with Crippen molar-refractivity contribution in [2.24, 2.45) is 0 Å². The highest BCUT2D eigenvalue weighted by Crippen LogP contribution is 2.21. The first-order chi connectivity index (χ1) is 11.8. The van der Waals surface area contributed by atoms with E-state index in [0.29, 0.717) is 9.87 Å². The molecule has 0 aliphatic heterocycles. The average Bonchev–Trinajstić information content (AvgIpc) is 2.59. The monoisotopic (exact) mass is 360 g/mol. The number of likely N-dealkylation sites (N-methyl/N-ethyl adjacent to an activating group) is 1. The molecular formula is C18H15FNO4S. The van der Waals surface area contributed by atoms with E-state index in [1.54, 1.807) is 30.3 Å². The number of hydrogen-bond acceptors (Lipinski definition) is 3. The third-order valence-electron chi connectivity index (χ3n) is 3.75. The summed E-state index contributed by atoms with van der Waals surface area (Å²) in [4.78, 5) is 11.2. The highest BCUT2D eigenvalue weighted by molar-refractivity contribution is 7.89. The minimum atomic E-state index is -4.23. The second-order valence-electron chi connectivity index (χ2n) is 5.33. The van der Waals surface area contributed by atoms with Gasteiger partial charge < -0.3 is 5.11 Å². The first-order valence-corrected chi connectivity index (χ1v) is 8.68. The lowest BCUT2D eigenvalue weighted by Gasteiger charge is -2.24. The van der Waals surface area contributed by atoms with Crippen LogP contribution in [0.25, 0.3) is 0 Å². The van der Waals surface area contributed by atoms with Gasteiger partial charge in [0.25, 0.3) is 0 Å². The number of nitrogens with zero attached hydrogens (tertiary/aromatic N) is 1. The van der Waals surface area contributed by atoms with Crippen LogP contribution in [0.4, 0.5) is 4.39 Å². The zero-order valence-corrected chi connectivity index (χ0v) is 14.1.